The number of nitrogens with zero attached hydrogens (tertiary/aromatic N) is 1. The summed E-state index contributed by atoms with van der Waals surface area (Å²) < 4.78 is 6.87. The Morgan fingerprint density at radius 2 is 1.91 bits per heavy atom. The Morgan fingerprint density at radius 1 is 1.30 bits per heavy atom. The first-order chi connectivity index (χ1) is 10.7. The highest BCUT2D eigenvalue weighted by molar-refractivity contribution is 14.1. The maximum absolute atomic E-state index is 9.82. The molecule has 1 aliphatic heterocycles. The monoisotopic (exact) mass is 447 g/mol. The molecule has 0 saturated carbocycles. The van der Waals surface area contributed by atoms with Crippen LogP contribution in [-0.2, 0) is 4.43 Å². The zero-order chi connectivity index (χ0) is 17.3. The summed E-state index contributed by atoms with van der Waals surface area (Å²) in [7, 11) is -1.77. The number of aliphatic hydroxyl groups is 1. The fourth-order valence-electron chi connectivity index (χ4n) is 2.84. The zero-order valence-electron chi connectivity index (χ0n) is 14.9. The number of alkyl halides is 1. The Morgan fingerprint density at radius 3 is 2.43 bits per heavy atom. The molecule has 3 nitrogen and oxygen atoms in total. The summed E-state index contributed by atoms with van der Waals surface area (Å²) in [5.41, 5.74) is 1.29. The van der Waals surface area contributed by atoms with Crippen molar-refractivity contribution in [3.8, 4) is 0 Å². The van der Waals surface area contributed by atoms with Crippen LogP contribution in [-0.4, -0.2) is 43.6 Å². The SMILES string of the molecule is CC(C)(C)[Si](C)(C)O[C@@H]1C[C@H](CO)N(C(I)c2ccccc2)C1. The molecule has 0 aliphatic carbocycles. The van der Waals surface area contributed by atoms with E-state index < -0.39 is 8.32 Å². The second-order valence-corrected chi connectivity index (χ2v) is 14.0. The van der Waals surface area contributed by atoms with Gasteiger partial charge in [-0.25, -0.2) is 0 Å². The van der Waals surface area contributed by atoms with E-state index in [1.54, 1.807) is 0 Å². The summed E-state index contributed by atoms with van der Waals surface area (Å²) in [5, 5.41) is 10.0. The van der Waals surface area contributed by atoms with Crippen molar-refractivity contribution in [3.63, 3.8) is 0 Å². The fraction of sp³-hybridized carbons (Fsp3) is 0.667. The minimum atomic E-state index is -1.77. The smallest absolute Gasteiger partial charge is 0.192 e. The Kier molecular flexibility index (Phi) is 6.33. The van der Waals surface area contributed by atoms with Gasteiger partial charge < -0.3 is 9.53 Å². The molecule has 3 atom stereocenters. The van der Waals surface area contributed by atoms with Crippen LogP contribution in [0.4, 0.5) is 0 Å². The summed E-state index contributed by atoms with van der Waals surface area (Å²) in [6, 6.07) is 10.7. The molecule has 0 radical (unpaired) electrons. The molecule has 130 valence electrons. The molecule has 1 aromatic carbocycles. The summed E-state index contributed by atoms with van der Waals surface area (Å²) in [5.74, 6) is 0. The van der Waals surface area contributed by atoms with Crippen molar-refractivity contribution >= 4 is 30.9 Å². The molecule has 1 N–H and O–H groups in total. The molecule has 1 unspecified atom stereocenters. The van der Waals surface area contributed by atoms with Crippen molar-refractivity contribution in [2.75, 3.05) is 13.2 Å². The van der Waals surface area contributed by atoms with Gasteiger partial charge in [-0.1, -0.05) is 73.7 Å². The average Bonchev–Trinajstić information content (AvgIpc) is 2.88. The van der Waals surface area contributed by atoms with Crippen LogP contribution in [0.15, 0.2) is 30.3 Å². The molecule has 0 aromatic heterocycles. The lowest BCUT2D eigenvalue weighted by molar-refractivity contribution is 0.152. The lowest BCUT2D eigenvalue weighted by Crippen LogP contribution is -2.44. The van der Waals surface area contributed by atoms with Crippen LogP contribution in [0.1, 0.15) is 36.8 Å². The number of benzene rings is 1. The molecule has 0 bridgehead atoms. The number of likely N-dealkylation sites (tertiary alicyclic amines) is 1. The molecule has 2 rings (SSSR count). The van der Waals surface area contributed by atoms with Crippen LogP contribution in [0, 0.1) is 0 Å². The normalized spacial score (nSPS) is 24.8. The highest BCUT2D eigenvalue weighted by atomic mass is 127. The molecule has 0 amide bonds. The second-order valence-electron chi connectivity index (χ2n) is 8.02. The van der Waals surface area contributed by atoms with Gasteiger partial charge in [0.05, 0.1) is 16.8 Å². The standard InChI is InChI=1S/C18H30INO2Si/c1-18(2,3)23(4,5)22-16-11-15(13-21)20(12-16)17(19)14-9-7-6-8-10-14/h6-10,15-17,21H,11-13H2,1-5H3/t15-,16-,17?/m1/s1. The van der Waals surface area contributed by atoms with Gasteiger partial charge in [-0.05, 0) is 30.1 Å². The number of halogens is 1. The van der Waals surface area contributed by atoms with Crippen LogP contribution in [0.25, 0.3) is 0 Å². The van der Waals surface area contributed by atoms with Crippen molar-refractivity contribution in [2.24, 2.45) is 0 Å². The highest BCUT2D eigenvalue weighted by Gasteiger charge is 2.43. The fourth-order valence-corrected chi connectivity index (χ4v) is 5.29. The predicted molar refractivity (Wildman–Crippen MR) is 107 cm³/mol. The first kappa shape index (κ1) is 19.4. The molecule has 1 saturated heterocycles. The molecule has 1 fully saturated rings. The molecule has 1 aliphatic rings. The Bertz CT molecular complexity index is 503. The number of rotatable bonds is 5. The van der Waals surface area contributed by atoms with Crippen LogP contribution in [0.2, 0.25) is 18.1 Å². The minimum absolute atomic E-state index is 0.187. The third-order valence-corrected chi connectivity index (χ3v) is 11.2. The van der Waals surface area contributed by atoms with Gasteiger partial charge >= 0.3 is 0 Å². The first-order valence-corrected chi connectivity index (χ1v) is 12.5. The Hall–Kier alpha value is 0.0469. The van der Waals surface area contributed by atoms with Gasteiger partial charge in [-0.2, -0.15) is 0 Å². The molecular formula is C18H30INO2Si. The Balaban J connectivity index is 2.09. The highest BCUT2D eigenvalue weighted by Crippen LogP contribution is 2.41. The van der Waals surface area contributed by atoms with Crippen molar-refractivity contribution in [2.45, 2.75) is 61.5 Å². The predicted octanol–water partition coefficient (Wildman–Crippen LogP) is 4.58. The van der Waals surface area contributed by atoms with Gasteiger partial charge in [0.2, 0.25) is 0 Å². The molecule has 0 spiro atoms. The summed E-state index contributed by atoms with van der Waals surface area (Å²) in [6.07, 6.45) is 1.16. The second kappa shape index (κ2) is 7.52. The Labute approximate surface area is 155 Å². The maximum atomic E-state index is 9.82. The average molecular weight is 447 g/mol. The largest absolute Gasteiger partial charge is 0.413 e. The van der Waals surface area contributed by atoms with Gasteiger partial charge in [-0.15, -0.1) is 0 Å². The number of aliphatic hydroxyl groups excluding tert-OH is 1. The van der Waals surface area contributed by atoms with Crippen LogP contribution >= 0.6 is 22.6 Å². The van der Waals surface area contributed by atoms with Gasteiger partial charge in [0.1, 0.15) is 0 Å². The van der Waals surface area contributed by atoms with E-state index in [0.717, 1.165) is 13.0 Å². The van der Waals surface area contributed by atoms with E-state index in [2.05, 4.69) is 85.6 Å². The molecular weight excluding hydrogens is 417 g/mol. The first-order valence-electron chi connectivity index (χ1n) is 8.39. The van der Waals surface area contributed by atoms with Crippen molar-refractivity contribution < 1.29 is 9.53 Å². The van der Waals surface area contributed by atoms with E-state index in [1.165, 1.54) is 5.56 Å². The van der Waals surface area contributed by atoms with Gasteiger partial charge in [0.15, 0.2) is 8.32 Å². The topological polar surface area (TPSA) is 32.7 Å². The van der Waals surface area contributed by atoms with E-state index >= 15 is 0 Å². The van der Waals surface area contributed by atoms with Crippen molar-refractivity contribution in [1.29, 1.82) is 0 Å². The van der Waals surface area contributed by atoms with E-state index in [9.17, 15) is 5.11 Å². The van der Waals surface area contributed by atoms with Gasteiger partial charge in [-0.3, -0.25) is 4.90 Å². The number of hydrogen-bond acceptors (Lipinski definition) is 3. The van der Waals surface area contributed by atoms with Crippen LogP contribution in [0.3, 0.4) is 0 Å². The van der Waals surface area contributed by atoms with E-state index in [-0.39, 0.29) is 27.8 Å². The maximum Gasteiger partial charge on any atom is 0.192 e. The third kappa shape index (κ3) is 4.57. The quantitative estimate of drug-likeness (QED) is 0.311. The molecule has 1 aromatic rings. The molecule has 1 heterocycles. The van der Waals surface area contributed by atoms with Crippen molar-refractivity contribution in [1.82, 2.24) is 4.90 Å². The summed E-state index contributed by atoms with van der Waals surface area (Å²) >= 11 is 2.48. The summed E-state index contributed by atoms with van der Waals surface area (Å²) in [4.78, 5) is 2.40. The van der Waals surface area contributed by atoms with E-state index in [4.69, 9.17) is 4.43 Å². The van der Waals surface area contributed by atoms with Gasteiger partial charge in [0.25, 0.3) is 0 Å². The van der Waals surface area contributed by atoms with E-state index in [1.807, 2.05) is 6.07 Å². The van der Waals surface area contributed by atoms with Gasteiger partial charge in [0, 0.05) is 12.6 Å². The molecule has 23 heavy (non-hydrogen) atoms. The van der Waals surface area contributed by atoms with Crippen molar-refractivity contribution in [3.05, 3.63) is 35.9 Å². The zero-order valence-corrected chi connectivity index (χ0v) is 18.1. The number of hydrogen-bond donors (Lipinski definition) is 1. The third-order valence-electron chi connectivity index (χ3n) is 5.26. The van der Waals surface area contributed by atoms with Crippen LogP contribution in [0.5, 0.6) is 0 Å². The lowest BCUT2D eigenvalue weighted by atomic mass is 10.2. The van der Waals surface area contributed by atoms with Crippen LogP contribution < -0.4 is 0 Å². The van der Waals surface area contributed by atoms with E-state index in [0.29, 0.717) is 0 Å². The lowest BCUT2D eigenvalue weighted by Gasteiger charge is -2.38. The minimum Gasteiger partial charge on any atom is -0.413 e. The molecule has 5 heteroatoms. The summed E-state index contributed by atoms with van der Waals surface area (Å²) in [6.45, 7) is 12.6.